The molecule has 0 aliphatic rings. The van der Waals surface area contributed by atoms with Gasteiger partial charge in [0.1, 0.15) is 0 Å². The zero-order valence-corrected chi connectivity index (χ0v) is 14.6. The van der Waals surface area contributed by atoms with Gasteiger partial charge in [-0.05, 0) is 43.7 Å². The Morgan fingerprint density at radius 2 is 1.43 bits per heavy atom. The molecule has 0 bridgehead atoms. The number of hydrogen-bond donors (Lipinski definition) is 0. The van der Waals surface area contributed by atoms with Crippen molar-refractivity contribution in [1.82, 2.24) is 0 Å². The van der Waals surface area contributed by atoms with Crippen LogP contribution in [0.5, 0.6) is 0 Å². The van der Waals surface area contributed by atoms with E-state index >= 15 is 0 Å². The number of benzene rings is 1. The summed E-state index contributed by atoms with van der Waals surface area (Å²) in [6.07, 6.45) is 1.05. The lowest BCUT2D eigenvalue weighted by atomic mass is 9.77. The van der Waals surface area contributed by atoms with Crippen LogP contribution in [0.3, 0.4) is 0 Å². The van der Waals surface area contributed by atoms with E-state index in [-0.39, 0.29) is 20.3 Å². The van der Waals surface area contributed by atoms with E-state index in [1.165, 1.54) is 22.3 Å². The Hall–Kier alpha value is -1.04. The Labute approximate surface area is 136 Å². The van der Waals surface area contributed by atoms with Crippen LogP contribution in [0.15, 0.2) is 30.4 Å². The van der Waals surface area contributed by atoms with Gasteiger partial charge in [-0.2, -0.15) is 0 Å². The smallest absolute Gasteiger partial charge is 0.00639 e. The molecule has 1 aromatic rings. The topological polar surface area (TPSA) is 0 Å². The SMILES string of the molecule is C.C.C=C(C)CC(C)(C)c1cc(C)ccc1C.CC.CC. The van der Waals surface area contributed by atoms with E-state index < -0.39 is 0 Å². The van der Waals surface area contributed by atoms with Gasteiger partial charge in [-0.1, -0.05) is 85.7 Å². The van der Waals surface area contributed by atoms with Crippen LogP contribution >= 0.6 is 0 Å². The summed E-state index contributed by atoms with van der Waals surface area (Å²) in [5.74, 6) is 0. The van der Waals surface area contributed by atoms with Crippen molar-refractivity contribution in [3.63, 3.8) is 0 Å². The van der Waals surface area contributed by atoms with E-state index in [2.05, 4.69) is 59.4 Å². The molecule has 126 valence electrons. The van der Waals surface area contributed by atoms with Crippen molar-refractivity contribution in [3.05, 3.63) is 47.0 Å². The van der Waals surface area contributed by atoms with Gasteiger partial charge in [0, 0.05) is 0 Å². The first kappa shape index (κ1) is 28.2. The molecule has 0 fully saturated rings. The maximum absolute atomic E-state index is 4.02. The maximum Gasteiger partial charge on any atom is -0.00639 e. The van der Waals surface area contributed by atoms with Crippen LogP contribution in [0.25, 0.3) is 0 Å². The third-order valence-corrected chi connectivity index (χ3v) is 2.87. The summed E-state index contributed by atoms with van der Waals surface area (Å²) >= 11 is 0. The summed E-state index contributed by atoms with van der Waals surface area (Å²) in [7, 11) is 0. The quantitative estimate of drug-likeness (QED) is 0.497. The Morgan fingerprint density at radius 3 is 1.81 bits per heavy atom. The summed E-state index contributed by atoms with van der Waals surface area (Å²) in [6.45, 7) is 23.1. The van der Waals surface area contributed by atoms with E-state index in [0.29, 0.717) is 0 Å². The standard InChI is InChI=1S/C15H22.2C2H6.2CH4/c1-11(2)10-15(5,6)14-9-12(3)7-8-13(14)4;2*1-2;;/h7-9H,1,10H2,2-6H3;2*1-2H3;2*1H4. The van der Waals surface area contributed by atoms with Crippen molar-refractivity contribution in [1.29, 1.82) is 0 Å². The Morgan fingerprint density at radius 1 is 1.00 bits per heavy atom. The largest absolute Gasteiger partial charge is 0.100 e. The van der Waals surface area contributed by atoms with Crippen LogP contribution in [0.1, 0.15) is 86.4 Å². The van der Waals surface area contributed by atoms with Crippen LogP contribution in [-0.2, 0) is 5.41 Å². The van der Waals surface area contributed by atoms with Gasteiger partial charge in [0.2, 0.25) is 0 Å². The van der Waals surface area contributed by atoms with Crippen molar-refractivity contribution < 1.29 is 0 Å². The first-order chi connectivity index (χ1) is 8.83. The molecular formula is C21H42. The van der Waals surface area contributed by atoms with Crippen molar-refractivity contribution in [2.75, 3.05) is 0 Å². The zero-order valence-electron chi connectivity index (χ0n) is 14.6. The van der Waals surface area contributed by atoms with Gasteiger partial charge in [-0.25, -0.2) is 0 Å². The molecule has 0 aliphatic heterocycles. The molecular weight excluding hydrogens is 252 g/mol. The second-order valence-electron chi connectivity index (χ2n) is 5.34. The first-order valence-corrected chi connectivity index (χ1v) is 7.55. The fraction of sp³-hybridized carbons (Fsp3) is 0.619. The van der Waals surface area contributed by atoms with Crippen LogP contribution in [0.2, 0.25) is 0 Å². The minimum absolute atomic E-state index is 0. The Kier molecular flexibility index (Phi) is 18.7. The van der Waals surface area contributed by atoms with Crippen molar-refractivity contribution in [2.45, 2.75) is 89.0 Å². The summed E-state index contributed by atoms with van der Waals surface area (Å²) in [5, 5.41) is 0. The maximum atomic E-state index is 4.02. The van der Waals surface area contributed by atoms with E-state index in [1.807, 2.05) is 27.7 Å². The van der Waals surface area contributed by atoms with Crippen LogP contribution in [0, 0.1) is 13.8 Å². The monoisotopic (exact) mass is 294 g/mol. The van der Waals surface area contributed by atoms with Gasteiger partial charge in [0.15, 0.2) is 0 Å². The lowest BCUT2D eigenvalue weighted by Gasteiger charge is -2.27. The molecule has 0 heteroatoms. The predicted octanol–water partition coefficient (Wildman–Crippen LogP) is 7.87. The summed E-state index contributed by atoms with van der Waals surface area (Å²) in [5.41, 5.74) is 5.62. The van der Waals surface area contributed by atoms with Crippen molar-refractivity contribution in [2.24, 2.45) is 0 Å². The molecule has 0 N–H and O–H groups in total. The van der Waals surface area contributed by atoms with Crippen molar-refractivity contribution in [3.8, 4) is 0 Å². The summed E-state index contributed by atoms with van der Waals surface area (Å²) in [4.78, 5) is 0. The molecule has 0 spiro atoms. The van der Waals surface area contributed by atoms with Gasteiger partial charge < -0.3 is 0 Å². The summed E-state index contributed by atoms with van der Waals surface area (Å²) < 4.78 is 0. The minimum Gasteiger partial charge on any atom is -0.100 e. The van der Waals surface area contributed by atoms with E-state index in [0.717, 1.165) is 6.42 Å². The Balaban J connectivity index is -0.000000221. The molecule has 0 heterocycles. The van der Waals surface area contributed by atoms with E-state index in [1.54, 1.807) is 0 Å². The van der Waals surface area contributed by atoms with Gasteiger partial charge in [0.25, 0.3) is 0 Å². The molecule has 1 aromatic carbocycles. The van der Waals surface area contributed by atoms with Gasteiger partial charge in [-0.3, -0.25) is 0 Å². The molecule has 0 aliphatic carbocycles. The first-order valence-electron chi connectivity index (χ1n) is 7.55. The fourth-order valence-corrected chi connectivity index (χ4v) is 2.31. The van der Waals surface area contributed by atoms with Crippen LogP contribution in [0.4, 0.5) is 0 Å². The highest BCUT2D eigenvalue weighted by atomic mass is 14.3. The average Bonchev–Trinajstić information content (AvgIpc) is 2.35. The van der Waals surface area contributed by atoms with Crippen LogP contribution in [-0.4, -0.2) is 0 Å². The number of allylic oxidation sites excluding steroid dienone is 1. The molecule has 0 saturated carbocycles. The lowest BCUT2D eigenvalue weighted by Crippen LogP contribution is -2.19. The molecule has 0 aromatic heterocycles. The molecule has 0 unspecified atom stereocenters. The van der Waals surface area contributed by atoms with E-state index in [9.17, 15) is 0 Å². The molecule has 21 heavy (non-hydrogen) atoms. The zero-order chi connectivity index (χ0) is 15.6. The van der Waals surface area contributed by atoms with Crippen molar-refractivity contribution >= 4 is 0 Å². The van der Waals surface area contributed by atoms with E-state index in [4.69, 9.17) is 0 Å². The molecule has 0 radical (unpaired) electrons. The highest BCUT2D eigenvalue weighted by molar-refractivity contribution is 5.36. The predicted molar refractivity (Wildman–Crippen MR) is 105 cm³/mol. The number of hydrogen-bond acceptors (Lipinski definition) is 0. The van der Waals surface area contributed by atoms with Crippen LogP contribution < -0.4 is 0 Å². The summed E-state index contributed by atoms with van der Waals surface area (Å²) in [6, 6.07) is 6.69. The normalized spacial score (nSPS) is 8.81. The van der Waals surface area contributed by atoms with Gasteiger partial charge in [-0.15, -0.1) is 6.58 Å². The van der Waals surface area contributed by atoms with Gasteiger partial charge >= 0.3 is 0 Å². The second kappa shape index (κ2) is 13.9. The third kappa shape index (κ3) is 10.3. The molecule has 0 atom stereocenters. The lowest BCUT2D eigenvalue weighted by molar-refractivity contribution is 0.517. The molecule has 0 saturated heterocycles. The Bertz CT molecular complexity index is 370. The average molecular weight is 295 g/mol. The highest BCUT2D eigenvalue weighted by Gasteiger charge is 2.22. The molecule has 1 rings (SSSR count). The second-order valence-corrected chi connectivity index (χ2v) is 5.34. The fourth-order valence-electron chi connectivity index (χ4n) is 2.31. The molecule has 0 amide bonds. The number of rotatable bonds is 3. The van der Waals surface area contributed by atoms with Gasteiger partial charge in [0.05, 0.1) is 0 Å². The number of aryl methyl sites for hydroxylation is 2. The minimum atomic E-state index is 0. The highest BCUT2D eigenvalue weighted by Crippen LogP contribution is 2.32. The third-order valence-electron chi connectivity index (χ3n) is 2.87. The molecule has 0 nitrogen and oxygen atoms in total.